The quantitative estimate of drug-likeness (QED) is 0.708. The molecule has 3 aromatic rings. The summed E-state index contributed by atoms with van der Waals surface area (Å²) >= 11 is 0. The van der Waals surface area contributed by atoms with Crippen molar-refractivity contribution in [3.05, 3.63) is 83.2 Å². The van der Waals surface area contributed by atoms with Gasteiger partial charge in [-0.1, -0.05) is 48.5 Å². The maximum atomic E-state index is 12.3. The molecule has 6 heteroatoms. The van der Waals surface area contributed by atoms with Crippen LogP contribution in [0.1, 0.15) is 27.0 Å². The summed E-state index contributed by atoms with van der Waals surface area (Å²) in [6, 6.07) is 15.7. The van der Waals surface area contributed by atoms with Crippen molar-refractivity contribution in [1.29, 1.82) is 0 Å². The van der Waals surface area contributed by atoms with E-state index in [0.29, 0.717) is 12.1 Å². The highest BCUT2D eigenvalue weighted by Gasteiger charge is 2.12. The van der Waals surface area contributed by atoms with Gasteiger partial charge in [0.15, 0.2) is 0 Å². The molecular formula is C21H22N4O2. The zero-order valence-electron chi connectivity index (χ0n) is 15.4. The molecule has 3 rings (SSSR count). The molecule has 2 N–H and O–H groups in total. The van der Waals surface area contributed by atoms with Gasteiger partial charge in [0, 0.05) is 11.9 Å². The van der Waals surface area contributed by atoms with Crippen molar-refractivity contribution in [1.82, 2.24) is 15.1 Å². The topological polar surface area (TPSA) is 76.0 Å². The Kier molecular flexibility index (Phi) is 5.66. The smallest absolute Gasteiger partial charge is 0.254 e. The summed E-state index contributed by atoms with van der Waals surface area (Å²) in [4.78, 5) is 24.4. The SMILES string of the molecule is Cc1cccc(C)c1NC(=O)CNC(=O)c1cnn(Cc2ccccc2)c1. The lowest BCUT2D eigenvalue weighted by atomic mass is 10.1. The predicted octanol–water partition coefficient (Wildman–Crippen LogP) is 2.92. The first kappa shape index (κ1) is 18.4. The molecule has 0 unspecified atom stereocenters. The number of nitrogens with one attached hydrogen (secondary N) is 2. The van der Waals surface area contributed by atoms with Crippen LogP contribution in [0.25, 0.3) is 0 Å². The average Bonchev–Trinajstić information content (AvgIpc) is 3.12. The minimum absolute atomic E-state index is 0.101. The van der Waals surface area contributed by atoms with Crippen LogP contribution in [-0.4, -0.2) is 28.1 Å². The van der Waals surface area contributed by atoms with Crippen LogP contribution in [0.2, 0.25) is 0 Å². The molecule has 0 atom stereocenters. The Bertz CT molecular complexity index is 928. The van der Waals surface area contributed by atoms with Gasteiger partial charge in [-0.15, -0.1) is 0 Å². The fourth-order valence-electron chi connectivity index (χ4n) is 2.80. The third kappa shape index (κ3) is 4.82. The van der Waals surface area contributed by atoms with Gasteiger partial charge in [-0.2, -0.15) is 5.10 Å². The second-order valence-corrected chi connectivity index (χ2v) is 6.41. The van der Waals surface area contributed by atoms with Crippen LogP contribution in [0.3, 0.4) is 0 Å². The zero-order valence-corrected chi connectivity index (χ0v) is 15.4. The maximum Gasteiger partial charge on any atom is 0.254 e. The molecule has 0 aliphatic rings. The number of para-hydroxylation sites is 1. The van der Waals surface area contributed by atoms with Crippen molar-refractivity contribution in [3.8, 4) is 0 Å². The van der Waals surface area contributed by atoms with Gasteiger partial charge in [-0.05, 0) is 30.5 Å². The number of amides is 2. The highest BCUT2D eigenvalue weighted by atomic mass is 16.2. The van der Waals surface area contributed by atoms with Gasteiger partial charge in [0.1, 0.15) is 0 Å². The molecule has 6 nitrogen and oxygen atoms in total. The third-order valence-corrected chi connectivity index (χ3v) is 4.24. The van der Waals surface area contributed by atoms with Gasteiger partial charge in [0.25, 0.3) is 5.91 Å². The number of aryl methyl sites for hydroxylation is 2. The van der Waals surface area contributed by atoms with Crippen LogP contribution in [-0.2, 0) is 11.3 Å². The number of carbonyl (C=O) groups is 2. The molecule has 0 fully saturated rings. The molecule has 0 saturated carbocycles. The van der Waals surface area contributed by atoms with Crippen molar-refractivity contribution in [2.45, 2.75) is 20.4 Å². The molecule has 27 heavy (non-hydrogen) atoms. The number of hydrogen-bond donors (Lipinski definition) is 2. The Labute approximate surface area is 158 Å². The lowest BCUT2D eigenvalue weighted by Gasteiger charge is -2.11. The molecule has 0 bridgehead atoms. The van der Waals surface area contributed by atoms with Crippen molar-refractivity contribution in [3.63, 3.8) is 0 Å². The van der Waals surface area contributed by atoms with E-state index >= 15 is 0 Å². The van der Waals surface area contributed by atoms with E-state index in [1.165, 1.54) is 6.20 Å². The van der Waals surface area contributed by atoms with Crippen LogP contribution in [0.4, 0.5) is 5.69 Å². The molecule has 1 heterocycles. The van der Waals surface area contributed by atoms with Crippen molar-refractivity contribution in [2.24, 2.45) is 0 Å². The lowest BCUT2D eigenvalue weighted by Crippen LogP contribution is -2.33. The predicted molar refractivity (Wildman–Crippen MR) is 105 cm³/mol. The Morgan fingerprint density at radius 1 is 1.00 bits per heavy atom. The first-order valence-corrected chi connectivity index (χ1v) is 8.73. The van der Waals surface area contributed by atoms with Crippen LogP contribution >= 0.6 is 0 Å². The van der Waals surface area contributed by atoms with E-state index < -0.39 is 0 Å². The fraction of sp³-hybridized carbons (Fsp3) is 0.190. The summed E-state index contributed by atoms with van der Waals surface area (Å²) in [5, 5.41) is 9.69. The average molecular weight is 362 g/mol. The van der Waals surface area contributed by atoms with Crippen molar-refractivity contribution < 1.29 is 9.59 Å². The molecule has 138 valence electrons. The summed E-state index contributed by atoms with van der Waals surface area (Å²) in [5.41, 5.74) is 4.27. The molecule has 0 aliphatic carbocycles. The standard InChI is InChI=1S/C21H22N4O2/c1-15-7-6-8-16(2)20(15)24-19(26)12-22-21(27)18-11-23-25(14-18)13-17-9-4-3-5-10-17/h3-11,14H,12-13H2,1-2H3,(H,22,27)(H,24,26). The minimum atomic E-state index is -0.328. The number of nitrogens with zero attached hydrogens (tertiary/aromatic N) is 2. The van der Waals surface area contributed by atoms with E-state index in [0.717, 1.165) is 22.4 Å². The van der Waals surface area contributed by atoms with E-state index in [4.69, 9.17) is 0 Å². The Morgan fingerprint density at radius 2 is 1.70 bits per heavy atom. The van der Waals surface area contributed by atoms with E-state index in [-0.39, 0.29) is 18.4 Å². The van der Waals surface area contributed by atoms with E-state index in [1.807, 2.05) is 62.4 Å². The Morgan fingerprint density at radius 3 is 2.41 bits per heavy atom. The number of benzene rings is 2. The van der Waals surface area contributed by atoms with Gasteiger partial charge in [0.05, 0.1) is 24.8 Å². The Balaban J connectivity index is 1.54. The molecule has 0 radical (unpaired) electrons. The van der Waals surface area contributed by atoms with Crippen LogP contribution in [0.15, 0.2) is 60.9 Å². The maximum absolute atomic E-state index is 12.3. The van der Waals surface area contributed by atoms with Crippen LogP contribution in [0.5, 0.6) is 0 Å². The lowest BCUT2D eigenvalue weighted by molar-refractivity contribution is -0.115. The highest BCUT2D eigenvalue weighted by molar-refractivity contribution is 5.99. The fourth-order valence-corrected chi connectivity index (χ4v) is 2.80. The monoisotopic (exact) mass is 362 g/mol. The molecule has 1 aromatic heterocycles. The second-order valence-electron chi connectivity index (χ2n) is 6.41. The Hall–Kier alpha value is -3.41. The molecule has 0 spiro atoms. The van der Waals surface area contributed by atoms with E-state index in [1.54, 1.807) is 10.9 Å². The van der Waals surface area contributed by atoms with Crippen LogP contribution in [0, 0.1) is 13.8 Å². The first-order valence-electron chi connectivity index (χ1n) is 8.73. The third-order valence-electron chi connectivity index (χ3n) is 4.24. The molecule has 2 aromatic carbocycles. The van der Waals surface area contributed by atoms with Gasteiger partial charge >= 0.3 is 0 Å². The van der Waals surface area contributed by atoms with Gasteiger partial charge in [-0.25, -0.2) is 0 Å². The molecular weight excluding hydrogens is 340 g/mol. The van der Waals surface area contributed by atoms with Crippen LogP contribution < -0.4 is 10.6 Å². The summed E-state index contributed by atoms with van der Waals surface area (Å²) in [6.45, 7) is 4.35. The zero-order chi connectivity index (χ0) is 19.2. The molecule has 2 amide bonds. The number of hydrogen-bond acceptors (Lipinski definition) is 3. The number of anilines is 1. The summed E-state index contributed by atoms with van der Waals surface area (Å²) in [5.74, 6) is -0.594. The second kappa shape index (κ2) is 8.31. The van der Waals surface area contributed by atoms with E-state index in [2.05, 4.69) is 15.7 Å². The number of rotatable bonds is 6. The van der Waals surface area contributed by atoms with Crippen molar-refractivity contribution >= 4 is 17.5 Å². The minimum Gasteiger partial charge on any atom is -0.343 e. The van der Waals surface area contributed by atoms with Gasteiger partial charge < -0.3 is 10.6 Å². The molecule has 0 saturated heterocycles. The summed E-state index contributed by atoms with van der Waals surface area (Å²) in [6.07, 6.45) is 3.17. The number of aromatic nitrogens is 2. The molecule has 0 aliphatic heterocycles. The van der Waals surface area contributed by atoms with Gasteiger partial charge in [-0.3, -0.25) is 14.3 Å². The van der Waals surface area contributed by atoms with Gasteiger partial charge in [0.2, 0.25) is 5.91 Å². The first-order chi connectivity index (χ1) is 13.0. The van der Waals surface area contributed by atoms with E-state index in [9.17, 15) is 9.59 Å². The van der Waals surface area contributed by atoms with Crippen molar-refractivity contribution in [2.75, 3.05) is 11.9 Å². The highest BCUT2D eigenvalue weighted by Crippen LogP contribution is 2.19. The summed E-state index contributed by atoms with van der Waals surface area (Å²) < 4.78 is 1.70. The number of carbonyl (C=O) groups excluding carboxylic acids is 2. The normalized spacial score (nSPS) is 10.4. The summed E-state index contributed by atoms with van der Waals surface area (Å²) in [7, 11) is 0. The largest absolute Gasteiger partial charge is 0.343 e.